The van der Waals surface area contributed by atoms with Crippen molar-refractivity contribution in [3.8, 4) is 0 Å². The zero-order valence-electron chi connectivity index (χ0n) is 9.80. The number of halogens is 2. The Morgan fingerprint density at radius 2 is 1.93 bits per heavy atom. The molecule has 0 aromatic carbocycles. The van der Waals surface area contributed by atoms with Crippen molar-refractivity contribution < 1.29 is 13.5 Å². The van der Waals surface area contributed by atoms with Gasteiger partial charge in [0.05, 0.1) is 6.10 Å². The Balaban J connectivity index is 1.99. The third kappa shape index (κ3) is 5.42. The predicted molar refractivity (Wildman–Crippen MR) is 56.0 cm³/mol. The first-order valence-electron chi connectivity index (χ1n) is 5.53. The van der Waals surface area contributed by atoms with Crippen molar-refractivity contribution in [3.63, 3.8) is 0 Å². The second kappa shape index (κ2) is 5.21. The molecule has 0 unspecified atom stereocenters. The highest BCUT2D eigenvalue weighted by atomic mass is 19.3. The van der Waals surface area contributed by atoms with Crippen LogP contribution in [0.5, 0.6) is 0 Å². The summed E-state index contributed by atoms with van der Waals surface area (Å²) in [6.45, 7) is 6.35. The Labute approximate surface area is 90.6 Å². The van der Waals surface area contributed by atoms with Gasteiger partial charge in [0.2, 0.25) is 0 Å². The molecule has 0 N–H and O–H groups in total. The first kappa shape index (κ1) is 12.8. The van der Waals surface area contributed by atoms with Gasteiger partial charge in [0.25, 0.3) is 0 Å². The molecular weight excluding hydrogens is 200 g/mol. The van der Waals surface area contributed by atoms with E-state index >= 15 is 0 Å². The Morgan fingerprint density at radius 1 is 1.33 bits per heavy atom. The minimum absolute atomic E-state index is 0.250. The molecule has 0 spiro atoms. The van der Waals surface area contributed by atoms with Crippen molar-refractivity contribution in [2.45, 2.75) is 46.3 Å². The molecule has 0 aromatic rings. The molecule has 1 fully saturated rings. The summed E-state index contributed by atoms with van der Waals surface area (Å²) in [5.41, 5.74) is 0.365. The zero-order chi connectivity index (χ0) is 11.5. The summed E-state index contributed by atoms with van der Waals surface area (Å²) in [4.78, 5) is 2.17. The quantitative estimate of drug-likeness (QED) is 0.707. The van der Waals surface area contributed by atoms with Gasteiger partial charge in [0.1, 0.15) is 0 Å². The van der Waals surface area contributed by atoms with Crippen molar-refractivity contribution in [3.05, 3.63) is 0 Å². The van der Waals surface area contributed by atoms with E-state index in [1.165, 1.54) is 6.42 Å². The van der Waals surface area contributed by atoms with Gasteiger partial charge in [-0.2, -0.15) is 8.78 Å². The van der Waals surface area contributed by atoms with Crippen LogP contribution in [0.2, 0.25) is 0 Å². The lowest BCUT2D eigenvalue weighted by Gasteiger charge is -2.38. The summed E-state index contributed by atoms with van der Waals surface area (Å²) in [5.74, 6) is 0. The molecule has 90 valence electrons. The van der Waals surface area contributed by atoms with Crippen LogP contribution in [-0.4, -0.2) is 37.2 Å². The Bertz CT molecular complexity index is 186. The zero-order valence-corrected chi connectivity index (χ0v) is 9.80. The Hall–Kier alpha value is -0.220. The summed E-state index contributed by atoms with van der Waals surface area (Å²) in [7, 11) is 0. The molecule has 0 radical (unpaired) electrons. The average Bonchev–Trinajstić information content (AvgIpc) is 1.96. The number of alkyl halides is 2. The van der Waals surface area contributed by atoms with E-state index in [0.717, 1.165) is 13.0 Å². The van der Waals surface area contributed by atoms with Crippen molar-refractivity contribution in [2.75, 3.05) is 19.6 Å². The fourth-order valence-electron chi connectivity index (χ4n) is 1.77. The number of hydrogen-bond acceptors (Lipinski definition) is 2. The van der Waals surface area contributed by atoms with Crippen LogP contribution in [0, 0.1) is 5.41 Å². The summed E-state index contributed by atoms with van der Waals surface area (Å²) >= 11 is 0. The Kier molecular flexibility index (Phi) is 4.46. The first-order valence-corrected chi connectivity index (χ1v) is 5.53. The van der Waals surface area contributed by atoms with Gasteiger partial charge >= 0.3 is 6.61 Å². The van der Waals surface area contributed by atoms with Crippen LogP contribution < -0.4 is 0 Å². The van der Waals surface area contributed by atoms with Gasteiger partial charge in [-0.1, -0.05) is 20.8 Å². The maximum absolute atomic E-state index is 11.8. The van der Waals surface area contributed by atoms with E-state index in [2.05, 4.69) is 30.4 Å². The third-order valence-corrected chi connectivity index (χ3v) is 2.62. The maximum Gasteiger partial charge on any atom is 0.345 e. The van der Waals surface area contributed by atoms with Gasteiger partial charge in [-0.15, -0.1) is 0 Å². The Morgan fingerprint density at radius 3 is 2.40 bits per heavy atom. The number of ether oxygens (including phenoxy) is 1. The van der Waals surface area contributed by atoms with E-state index < -0.39 is 6.61 Å². The summed E-state index contributed by atoms with van der Waals surface area (Å²) in [5, 5.41) is 0. The standard InChI is InChI=1S/C11H21F2NO/c1-11(2,3)5-4-6-14-7-9(8-14)15-10(12)13/h9-10H,4-8H2,1-3H3. The lowest BCUT2D eigenvalue weighted by atomic mass is 9.90. The smallest absolute Gasteiger partial charge is 0.317 e. The molecule has 1 rings (SSSR count). The van der Waals surface area contributed by atoms with E-state index in [1.807, 2.05) is 0 Å². The molecule has 0 bridgehead atoms. The third-order valence-electron chi connectivity index (χ3n) is 2.62. The van der Waals surface area contributed by atoms with Crippen LogP contribution in [0.4, 0.5) is 8.78 Å². The van der Waals surface area contributed by atoms with E-state index in [0.29, 0.717) is 18.5 Å². The molecular formula is C11H21F2NO. The summed E-state index contributed by atoms with van der Waals surface area (Å²) in [6.07, 6.45) is 2.05. The highest BCUT2D eigenvalue weighted by molar-refractivity contribution is 4.80. The van der Waals surface area contributed by atoms with Gasteiger partial charge in [-0.05, 0) is 24.8 Å². The van der Waals surface area contributed by atoms with Gasteiger partial charge in [0.15, 0.2) is 0 Å². The summed E-state index contributed by atoms with van der Waals surface area (Å²) < 4.78 is 28.0. The maximum atomic E-state index is 11.8. The van der Waals surface area contributed by atoms with E-state index in [1.54, 1.807) is 0 Å². The van der Waals surface area contributed by atoms with E-state index in [4.69, 9.17) is 0 Å². The molecule has 1 saturated heterocycles. The topological polar surface area (TPSA) is 12.5 Å². The number of likely N-dealkylation sites (tertiary alicyclic amines) is 1. The molecule has 0 aromatic heterocycles. The molecule has 1 heterocycles. The molecule has 15 heavy (non-hydrogen) atoms. The minimum atomic E-state index is -2.62. The minimum Gasteiger partial charge on any atom is -0.317 e. The number of nitrogens with zero attached hydrogens (tertiary/aromatic N) is 1. The monoisotopic (exact) mass is 221 g/mol. The van der Waals surface area contributed by atoms with Crippen LogP contribution in [0.25, 0.3) is 0 Å². The number of hydrogen-bond donors (Lipinski definition) is 0. The van der Waals surface area contributed by atoms with Crippen LogP contribution in [0.15, 0.2) is 0 Å². The van der Waals surface area contributed by atoms with E-state index in [-0.39, 0.29) is 6.10 Å². The van der Waals surface area contributed by atoms with Gasteiger partial charge < -0.3 is 4.74 Å². The lowest BCUT2D eigenvalue weighted by molar-refractivity contribution is -0.195. The summed E-state index contributed by atoms with van der Waals surface area (Å²) in [6, 6.07) is 0. The second-order valence-electron chi connectivity index (χ2n) is 5.44. The molecule has 4 heteroatoms. The molecule has 0 amide bonds. The predicted octanol–water partition coefficient (Wildman–Crippen LogP) is 2.74. The van der Waals surface area contributed by atoms with Crippen LogP contribution in [-0.2, 0) is 4.74 Å². The fraction of sp³-hybridized carbons (Fsp3) is 1.00. The fourth-order valence-corrected chi connectivity index (χ4v) is 1.77. The van der Waals surface area contributed by atoms with Crippen molar-refractivity contribution in [1.82, 2.24) is 4.90 Å². The van der Waals surface area contributed by atoms with Gasteiger partial charge in [-0.3, -0.25) is 4.90 Å². The molecule has 0 saturated carbocycles. The molecule has 0 aliphatic carbocycles. The normalized spacial score (nSPS) is 19.6. The molecule has 2 nitrogen and oxygen atoms in total. The van der Waals surface area contributed by atoms with E-state index in [9.17, 15) is 8.78 Å². The molecule has 1 aliphatic rings. The second-order valence-corrected chi connectivity index (χ2v) is 5.44. The molecule has 0 atom stereocenters. The largest absolute Gasteiger partial charge is 0.345 e. The van der Waals surface area contributed by atoms with Crippen molar-refractivity contribution in [2.24, 2.45) is 5.41 Å². The van der Waals surface area contributed by atoms with Crippen molar-refractivity contribution >= 4 is 0 Å². The van der Waals surface area contributed by atoms with Crippen LogP contribution >= 0.6 is 0 Å². The lowest BCUT2D eigenvalue weighted by Crippen LogP contribution is -2.52. The van der Waals surface area contributed by atoms with Crippen molar-refractivity contribution in [1.29, 1.82) is 0 Å². The van der Waals surface area contributed by atoms with Crippen LogP contribution in [0.1, 0.15) is 33.6 Å². The first-order chi connectivity index (χ1) is 6.87. The SMILES string of the molecule is CC(C)(C)CCCN1CC(OC(F)F)C1. The van der Waals surface area contributed by atoms with Crippen LogP contribution in [0.3, 0.4) is 0 Å². The highest BCUT2D eigenvalue weighted by Crippen LogP contribution is 2.22. The van der Waals surface area contributed by atoms with Gasteiger partial charge in [-0.25, -0.2) is 0 Å². The average molecular weight is 221 g/mol. The highest BCUT2D eigenvalue weighted by Gasteiger charge is 2.29. The van der Waals surface area contributed by atoms with Gasteiger partial charge in [0, 0.05) is 13.1 Å². The number of rotatable bonds is 5. The molecule has 1 aliphatic heterocycles.